The van der Waals surface area contributed by atoms with E-state index in [1.54, 1.807) is 0 Å². The number of benzene rings is 1. The standard InChI is InChI=1S/C13H18BrNO3/c14-10-3-1-9(2-4-10)12(16)7-15-11-5-6-18-8-13(11)17/h1-4,11-13,15-17H,5-8H2/t11-,12+,13-/m1/s1. The summed E-state index contributed by atoms with van der Waals surface area (Å²) >= 11 is 3.36. The molecule has 0 radical (unpaired) electrons. The minimum absolute atomic E-state index is 0.00356. The smallest absolute Gasteiger partial charge is 0.0927 e. The molecule has 0 aliphatic carbocycles. The normalized spacial score (nSPS) is 25.9. The molecule has 1 saturated heterocycles. The average Bonchev–Trinajstić information content (AvgIpc) is 2.38. The molecule has 2 rings (SSSR count). The van der Waals surface area contributed by atoms with E-state index >= 15 is 0 Å². The van der Waals surface area contributed by atoms with Gasteiger partial charge in [0.15, 0.2) is 0 Å². The second kappa shape index (κ2) is 6.63. The van der Waals surface area contributed by atoms with Crippen LogP contribution in [0.25, 0.3) is 0 Å². The quantitative estimate of drug-likeness (QED) is 0.782. The largest absolute Gasteiger partial charge is 0.389 e. The minimum atomic E-state index is -0.562. The van der Waals surface area contributed by atoms with Gasteiger partial charge in [0.05, 0.1) is 18.8 Å². The van der Waals surface area contributed by atoms with Crippen LogP contribution in [-0.4, -0.2) is 42.1 Å². The Hall–Kier alpha value is -0.460. The van der Waals surface area contributed by atoms with Crippen LogP contribution in [0.2, 0.25) is 0 Å². The molecule has 0 aromatic heterocycles. The summed E-state index contributed by atoms with van der Waals surface area (Å²) in [5.41, 5.74) is 0.868. The van der Waals surface area contributed by atoms with Crippen LogP contribution in [0.3, 0.4) is 0 Å². The van der Waals surface area contributed by atoms with Crippen molar-refractivity contribution in [3.63, 3.8) is 0 Å². The van der Waals surface area contributed by atoms with E-state index in [9.17, 15) is 10.2 Å². The molecule has 1 aromatic carbocycles. The molecule has 0 bridgehead atoms. The van der Waals surface area contributed by atoms with E-state index in [0.717, 1.165) is 16.5 Å². The maximum Gasteiger partial charge on any atom is 0.0927 e. The van der Waals surface area contributed by atoms with Gasteiger partial charge < -0.3 is 20.3 Å². The summed E-state index contributed by atoms with van der Waals surface area (Å²) in [7, 11) is 0. The van der Waals surface area contributed by atoms with Crippen LogP contribution in [-0.2, 0) is 4.74 Å². The number of hydrogen-bond acceptors (Lipinski definition) is 4. The molecule has 5 heteroatoms. The van der Waals surface area contributed by atoms with Gasteiger partial charge in [-0.05, 0) is 24.1 Å². The van der Waals surface area contributed by atoms with Crippen LogP contribution in [0.15, 0.2) is 28.7 Å². The third-order valence-corrected chi connectivity index (χ3v) is 3.68. The number of ether oxygens (including phenoxy) is 1. The predicted molar refractivity (Wildman–Crippen MR) is 72.3 cm³/mol. The zero-order valence-corrected chi connectivity index (χ0v) is 11.6. The fourth-order valence-electron chi connectivity index (χ4n) is 2.03. The van der Waals surface area contributed by atoms with Crippen molar-refractivity contribution in [2.45, 2.75) is 24.7 Å². The average molecular weight is 316 g/mol. The fourth-order valence-corrected chi connectivity index (χ4v) is 2.29. The van der Waals surface area contributed by atoms with E-state index in [1.165, 1.54) is 0 Å². The molecule has 0 saturated carbocycles. The van der Waals surface area contributed by atoms with Crippen molar-refractivity contribution in [1.29, 1.82) is 0 Å². The number of nitrogens with one attached hydrogen (secondary N) is 1. The number of aliphatic hydroxyl groups excluding tert-OH is 2. The summed E-state index contributed by atoms with van der Waals surface area (Å²) in [6, 6.07) is 7.58. The van der Waals surface area contributed by atoms with E-state index in [1.807, 2.05) is 24.3 Å². The lowest BCUT2D eigenvalue weighted by Gasteiger charge is -2.29. The lowest BCUT2D eigenvalue weighted by atomic mass is 10.0. The van der Waals surface area contributed by atoms with Crippen molar-refractivity contribution in [2.24, 2.45) is 0 Å². The highest BCUT2D eigenvalue weighted by Crippen LogP contribution is 2.17. The Morgan fingerprint density at radius 3 is 2.78 bits per heavy atom. The van der Waals surface area contributed by atoms with Crippen molar-refractivity contribution in [2.75, 3.05) is 19.8 Å². The Morgan fingerprint density at radius 2 is 2.11 bits per heavy atom. The van der Waals surface area contributed by atoms with Gasteiger partial charge in [-0.3, -0.25) is 0 Å². The molecule has 3 N–H and O–H groups in total. The van der Waals surface area contributed by atoms with Crippen molar-refractivity contribution in [3.05, 3.63) is 34.3 Å². The van der Waals surface area contributed by atoms with Gasteiger partial charge in [-0.15, -0.1) is 0 Å². The molecule has 0 spiro atoms. The van der Waals surface area contributed by atoms with Gasteiger partial charge in [-0.1, -0.05) is 28.1 Å². The first kappa shape index (κ1) is 14.0. The van der Waals surface area contributed by atoms with E-state index in [4.69, 9.17) is 4.74 Å². The molecule has 1 heterocycles. The number of hydrogen-bond donors (Lipinski definition) is 3. The summed E-state index contributed by atoms with van der Waals surface area (Å²) in [6.07, 6.45) is -0.280. The van der Waals surface area contributed by atoms with Crippen molar-refractivity contribution in [1.82, 2.24) is 5.32 Å². The highest BCUT2D eigenvalue weighted by Gasteiger charge is 2.23. The van der Waals surface area contributed by atoms with Gasteiger partial charge in [-0.2, -0.15) is 0 Å². The Bertz CT molecular complexity index is 371. The molecule has 1 aliphatic rings. The zero-order chi connectivity index (χ0) is 13.0. The van der Waals surface area contributed by atoms with Crippen LogP contribution in [0.1, 0.15) is 18.1 Å². The first-order valence-electron chi connectivity index (χ1n) is 6.09. The van der Waals surface area contributed by atoms with Crippen LogP contribution >= 0.6 is 15.9 Å². The van der Waals surface area contributed by atoms with Crippen LogP contribution < -0.4 is 5.32 Å². The third kappa shape index (κ3) is 3.76. The van der Waals surface area contributed by atoms with Gasteiger partial charge in [0.1, 0.15) is 0 Å². The number of rotatable bonds is 4. The summed E-state index contributed by atoms with van der Waals surface area (Å²) in [6.45, 7) is 1.46. The Labute approximate surface area is 115 Å². The predicted octanol–water partition coefficient (Wildman–Crippen LogP) is 1.22. The van der Waals surface area contributed by atoms with Gasteiger partial charge in [0.2, 0.25) is 0 Å². The third-order valence-electron chi connectivity index (χ3n) is 3.15. The lowest BCUT2D eigenvalue weighted by Crippen LogP contribution is -2.47. The Kier molecular flexibility index (Phi) is 5.14. The van der Waals surface area contributed by atoms with E-state index in [0.29, 0.717) is 19.8 Å². The summed E-state index contributed by atoms with van der Waals surface area (Å²) in [5, 5.41) is 22.9. The monoisotopic (exact) mass is 315 g/mol. The topological polar surface area (TPSA) is 61.7 Å². The summed E-state index contributed by atoms with van der Waals surface area (Å²) < 4.78 is 6.15. The van der Waals surface area contributed by atoms with Gasteiger partial charge >= 0.3 is 0 Å². The van der Waals surface area contributed by atoms with Crippen molar-refractivity contribution in [3.8, 4) is 0 Å². The van der Waals surface area contributed by atoms with Gasteiger partial charge in [0.25, 0.3) is 0 Å². The molecule has 1 fully saturated rings. The summed E-state index contributed by atoms with van der Waals surface area (Å²) in [5.74, 6) is 0. The zero-order valence-electron chi connectivity index (χ0n) is 10.1. The van der Waals surface area contributed by atoms with Crippen LogP contribution in [0.4, 0.5) is 0 Å². The second-order valence-electron chi connectivity index (χ2n) is 4.51. The molecule has 3 atom stereocenters. The highest BCUT2D eigenvalue weighted by atomic mass is 79.9. The molecule has 0 unspecified atom stereocenters. The maximum absolute atomic E-state index is 10.0. The number of aliphatic hydroxyl groups is 2. The fraction of sp³-hybridized carbons (Fsp3) is 0.538. The van der Waals surface area contributed by atoms with Gasteiger partial charge in [0, 0.05) is 23.7 Å². The Balaban J connectivity index is 1.83. The summed E-state index contributed by atoms with van der Waals surface area (Å²) in [4.78, 5) is 0. The molecular weight excluding hydrogens is 298 g/mol. The first-order chi connectivity index (χ1) is 8.66. The lowest BCUT2D eigenvalue weighted by molar-refractivity contribution is -0.0299. The molecule has 100 valence electrons. The second-order valence-corrected chi connectivity index (χ2v) is 5.43. The molecule has 1 aliphatic heterocycles. The van der Waals surface area contributed by atoms with E-state index < -0.39 is 12.2 Å². The van der Waals surface area contributed by atoms with Crippen molar-refractivity contribution >= 4 is 15.9 Å². The van der Waals surface area contributed by atoms with Crippen LogP contribution in [0.5, 0.6) is 0 Å². The molecule has 18 heavy (non-hydrogen) atoms. The van der Waals surface area contributed by atoms with Crippen LogP contribution in [0, 0.1) is 0 Å². The van der Waals surface area contributed by atoms with Gasteiger partial charge in [-0.25, -0.2) is 0 Å². The Morgan fingerprint density at radius 1 is 1.39 bits per heavy atom. The van der Waals surface area contributed by atoms with Crippen molar-refractivity contribution < 1.29 is 14.9 Å². The SMILES string of the molecule is O[C@@H]1COCC[C@H]1NC[C@H](O)c1ccc(Br)cc1. The molecule has 0 amide bonds. The number of halogens is 1. The highest BCUT2D eigenvalue weighted by molar-refractivity contribution is 9.10. The molecule has 4 nitrogen and oxygen atoms in total. The maximum atomic E-state index is 10.0. The minimum Gasteiger partial charge on any atom is -0.389 e. The molecule has 1 aromatic rings. The van der Waals surface area contributed by atoms with E-state index in [2.05, 4.69) is 21.2 Å². The van der Waals surface area contributed by atoms with E-state index in [-0.39, 0.29) is 6.04 Å². The first-order valence-corrected chi connectivity index (χ1v) is 6.89. The molecular formula is C13H18BrNO3.